The molecule has 1 N–H and O–H groups in total. The van der Waals surface area contributed by atoms with Crippen molar-refractivity contribution in [2.45, 2.75) is 19.4 Å². The summed E-state index contributed by atoms with van der Waals surface area (Å²) < 4.78 is 0. The number of aliphatic hydroxyl groups is 1. The summed E-state index contributed by atoms with van der Waals surface area (Å²) in [7, 11) is 0. The van der Waals surface area contributed by atoms with Gasteiger partial charge in [-0.25, -0.2) is 0 Å². The maximum atomic E-state index is 12.2. The van der Waals surface area contributed by atoms with Gasteiger partial charge in [-0.3, -0.25) is 14.7 Å². The van der Waals surface area contributed by atoms with E-state index in [2.05, 4.69) is 9.88 Å². The van der Waals surface area contributed by atoms with Gasteiger partial charge in [-0.05, 0) is 18.6 Å². The van der Waals surface area contributed by atoms with Crippen molar-refractivity contribution in [1.82, 2.24) is 14.8 Å². The van der Waals surface area contributed by atoms with Crippen molar-refractivity contribution < 1.29 is 9.90 Å². The lowest BCUT2D eigenvalue weighted by Crippen LogP contribution is -2.50. The van der Waals surface area contributed by atoms with Crippen LogP contribution in [0.15, 0.2) is 24.5 Å². The number of carbonyl (C=O) groups is 1. The zero-order chi connectivity index (χ0) is 13.7. The molecule has 1 aromatic rings. The first-order chi connectivity index (χ1) is 9.20. The highest BCUT2D eigenvalue weighted by molar-refractivity contribution is 5.94. The molecule has 0 saturated carbocycles. The van der Waals surface area contributed by atoms with Crippen LogP contribution in [0, 0.1) is 0 Å². The number of rotatable bonds is 4. The van der Waals surface area contributed by atoms with Crippen LogP contribution in [0.2, 0.25) is 0 Å². The van der Waals surface area contributed by atoms with Gasteiger partial charge >= 0.3 is 0 Å². The fraction of sp³-hybridized carbons (Fsp3) is 0.571. The summed E-state index contributed by atoms with van der Waals surface area (Å²) in [6.45, 7) is 5.78. The van der Waals surface area contributed by atoms with E-state index in [1.54, 1.807) is 24.5 Å². The van der Waals surface area contributed by atoms with Crippen molar-refractivity contribution in [3.63, 3.8) is 0 Å². The van der Waals surface area contributed by atoms with Crippen LogP contribution in [-0.2, 0) is 0 Å². The number of β-amino-alcohol motifs (C(OH)–C–C–N with tert-alkyl or cyclic N) is 1. The third-order valence-electron chi connectivity index (χ3n) is 3.53. The average Bonchev–Trinajstić information content (AvgIpc) is 2.48. The Hall–Kier alpha value is -1.46. The minimum absolute atomic E-state index is 0.0677. The van der Waals surface area contributed by atoms with Crippen LogP contribution in [0.25, 0.3) is 0 Å². The Kier molecular flexibility index (Phi) is 4.87. The molecule has 0 bridgehead atoms. The quantitative estimate of drug-likeness (QED) is 0.865. The van der Waals surface area contributed by atoms with E-state index in [9.17, 15) is 9.90 Å². The van der Waals surface area contributed by atoms with Crippen LogP contribution in [-0.4, -0.2) is 64.6 Å². The smallest absolute Gasteiger partial charge is 0.254 e. The number of pyridine rings is 1. The Bertz CT molecular complexity index is 402. The first-order valence-electron chi connectivity index (χ1n) is 6.80. The first-order valence-corrected chi connectivity index (χ1v) is 6.80. The highest BCUT2D eigenvalue weighted by Gasteiger charge is 2.22. The van der Waals surface area contributed by atoms with E-state index >= 15 is 0 Å². The molecule has 1 saturated heterocycles. The van der Waals surface area contributed by atoms with Gasteiger partial charge in [0.2, 0.25) is 0 Å². The summed E-state index contributed by atoms with van der Waals surface area (Å²) in [6.07, 6.45) is 3.79. The summed E-state index contributed by atoms with van der Waals surface area (Å²) in [5.41, 5.74) is 0.692. The minimum atomic E-state index is -0.262. The number of aliphatic hydroxyl groups excluding tert-OH is 1. The largest absolute Gasteiger partial charge is 0.392 e. The molecule has 0 spiro atoms. The van der Waals surface area contributed by atoms with Crippen molar-refractivity contribution in [3.05, 3.63) is 30.1 Å². The van der Waals surface area contributed by atoms with Crippen molar-refractivity contribution in [1.29, 1.82) is 0 Å². The number of carbonyl (C=O) groups excluding carboxylic acids is 1. The van der Waals surface area contributed by atoms with Gasteiger partial charge < -0.3 is 10.0 Å². The number of aromatic nitrogens is 1. The van der Waals surface area contributed by atoms with Crippen LogP contribution in [0.5, 0.6) is 0 Å². The molecule has 5 heteroatoms. The molecule has 1 unspecified atom stereocenters. The number of hydrogen-bond donors (Lipinski definition) is 1. The monoisotopic (exact) mass is 263 g/mol. The van der Waals surface area contributed by atoms with Crippen LogP contribution < -0.4 is 0 Å². The van der Waals surface area contributed by atoms with Crippen molar-refractivity contribution in [3.8, 4) is 0 Å². The van der Waals surface area contributed by atoms with E-state index in [-0.39, 0.29) is 12.0 Å². The molecule has 1 amide bonds. The second-order valence-corrected chi connectivity index (χ2v) is 4.89. The van der Waals surface area contributed by atoms with Crippen molar-refractivity contribution in [2.75, 3.05) is 32.7 Å². The van der Waals surface area contributed by atoms with E-state index < -0.39 is 0 Å². The van der Waals surface area contributed by atoms with Gasteiger partial charge in [0.1, 0.15) is 0 Å². The summed E-state index contributed by atoms with van der Waals surface area (Å²) in [6, 6.07) is 3.49. The normalized spacial score (nSPS) is 18.3. The van der Waals surface area contributed by atoms with Gasteiger partial charge in [0.25, 0.3) is 5.91 Å². The summed E-state index contributed by atoms with van der Waals surface area (Å²) in [5, 5.41) is 9.63. The number of piperazine rings is 1. The molecule has 0 aromatic carbocycles. The lowest BCUT2D eigenvalue weighted by atomic mass is 10.2. The van der Waals surface area contributed by atoms with Crippen molar-refractivity contribution in [2.24, 2.45) is 0 Å². The van der Waals surface area contributed by atoms with E-state index in [1.165, 1.54) is 0 Å². The topological polar surface area (TPSA) is 56.7 Å². The SMILES string of the molecule is CCC(O)CN1CCN(C(=O)c2ccncc2)CC1. The van der Waals surface area contributed by atoms with Gasteiger partial charge in [0, 0.05) is 50.7 Å². The van der Waals surface area contributed by atoms with Gasteiger partial charge in [0.05, 0.1) is 6.10 Å². The molecule has 1 fully saturated rings. The summed E-state index contributed by atoms with van der Waals surface area (Å²) in [5.74, 6) is 0.0677. The van der Waals surface area contributed by atoms with Crippen LogP contribution in [0.3, 0.4) is 0 Å². The highest BCUT2D eigenvalue weighted by Crippen LogP contribution is 2.08. The highest BCUT2D eigenvalue weighted by atomic mass is 16.3. The van der Waals surface area contributed by atoms with Crippen LogP contribution in [0.1, 0.15) is 23.7 Å². The Labute approximate surface area is 113 Å². The number of amides is 1. The second kappa shape index (κ2) is 6.63. The molecule has 0 radical (unpaired) electrons. The van der Waals surface area contributed by atoms with Crippen LogP contribution >= 0.6 is 0 Å². The maximum absolute atomic E-state index is 12.2. The Balaban J connectivity index is 1.85. The fourth-order valence-electron chi connectivity index (χ4n) is 2.24. The predicted molar refractivity (Wildman–Crippen MR) is 72.9 cm³/mol. The minimum Gasteiger partial charge on any atom is -0.392 e. The van der Waals surface area contributed by atoms with Crippen LogP contribution in [0.4, 0.5) is 0 Å². The summed E-state index contributed by atoms with van der Waals surface area (Å²) in [4.78, 5) is 20.2. The van der Waals surface area contributed by atoms with E-state index in [0.29, 0.717) is 12.1 Å². The standard InChI is InChI=1S/C14H21N3O2/c1-2-13(18)11-16-7-9-17(10-8-16)14(19)12-3-5-15-6-4-12/h3-6,13,18H,2,7-11H2,1H3. The van der Waals surface area contributed by atoms with Gasteiger partial charge in [0.15, 0.2) is 0 Å². The maximum Gasteiger partial charge on any atom is 0.254 e. The molecule has 1 aliphatic heterocycles. The number of hydrogen-bond acceptors (Lipinski definition) is 4. The third kappa shape index (κ3) is 3.75. The lowest BCUT2D eigenvalue weighted by Gasteiger charge is -2.35. The molecule has 1 aromatic heterocycles. The second-order valence-electron chi connectivity index (χ2n) is 4.89. The predicted octanol–water partition coefficient (Wildman–Crippen LogP) is 0.610. The first kappa shape index (κ1) is 14.0. The molecule has 1 atom stereocenters. The molecular weight excluding hydrogens is 242 g/mol. The van der Waals surface area contributed by atoms with E-state index in [0.717, 1.165) is 32.6 Å². The van der Waals surface area contributed by atoms with Gasteiger partial charge in [-0.1, -0.05) is 6.92 Å². The van der Waals surface area contributed by atoms with E-state index in [4.69, 9.17) is 0 Å². The molecule has 1 aliphatic rings. The van der Waals surface area contributed by atoms with Gasteiger partial charge in [-0.15, -0.1) is 0 Å². The Morgan fingerprint density at radius 3 is 2.53 bits per heavy atom. The lowest BCUT2D eigenvalue weighted by molar-refractivity contribution is 0.0523. The zero-order valence-corrected chi connectivity index (χ0v) is 11.3. The Morgan fingerprint density at radius 1 is 1.32 bits per heavy atom. The third-order valence-corrected chi connectivity index (χ3v) is 3.53. The molecular formula is C14H21N3O2. The van der Waals surface area contributed by atoms with E-state index in [1.807, 2.05) is 11.8 Å². The zero-order valence-electron chi connectivity index (χ0n) is 11.3. The molecule has 2 rings (SSSR count). The molecule has 5 nitrogen and oxygen atoms in total. The molecule has 19 heavy (non-hydrogen) atoms. The Morgan fingerprint density at radius 2 is 1.95 bits per heavy atom. The molecule has 0 aliphatic carbocycles. The molecule has 2 heterocycles. The summed E-state index contributed by atoms with van der Waals surface area (Å²) >= 11 is 0. The average molecular weight is 263 g/mol. The van der Waals surface area contributed by atoms with Gasteiger partial charge in [-0.2, -0.15) is 0 Å². The molecule has 104 valence electrons. The fourth-order valence-corrected chi connectivity index (χ4v) is 2.24. The van der Waals surface area contributed by atoms with Crippen molar-refractivity contribution >= 4 is 5.91 Å². The number of nitrogens with zero attached hydrogens (tertiary/aromatic N) is 3.